The van der Waals surface area contributed by atoms with Crippen LogP contribution in [-0.4, -0.2) is 64.6 Å². The van der Waals surface area contributed by atoms with Crippen molar-refractivity contribution in [1.29, 1.82) is 5.26 Å². The third-order valence-electron chi connectivity index (χ3n) is 6.83. The number of piperazine rings is 1. The highest BCUT2D eigenvalue weighted by atomic mass is 35.5. The molecule has 32 heavy (non-hydrogen) atoms. The Bertz CT molecular complexity index is 1070. The zero-order valence-corrected chi connectivity index (χ0v) is 20.0. The Labute approximate surface area is 198 Å². The number of aromatic nitrogens is 1. The van der Waals surface area contributed by atoms with Gasteiger partial charge in [-0.15, -0.1) is 0 Å². The molecule has 168 valence electrons. The number of amides is 1. The molecule has 1 aliphatic carbocycles. The van der Waals surface area contributed by atoms with Crippen LogP contribution in [0, 0.1) is 16.7 Å². The van der Waals surface area contributed by atoms with Crippen molar-refractivity contribution in [3.8, 4) is 6.07 Å². The SMILES string of the molecule is CC1(C#N)CCN(c2c(C(=O)N3CCN(SC4CC4)CC3)cnc3ccc(Cl)cc23)CC1. The molecule has 0 atom stereocenters. The van der Waals surface area contributed by atoms with Crippen LogP contribution >= 0.6 is 23.5 Å². The summed E-state index contributed by atoms with van der Waals surface area (Å²) in [5.74, 6) is 0.0408. The van der Waals surface area contributed by atoms with E-state index in [1.807, 2.05) is 42.0 Å². The number of nitriles is 1. The minimum atomic E-state index is -0.309. The van der Waals surface area contributed by atoms with Crippen molar-refractivity contribution >= 4 is 46.0 Å². The summed E-state index contributed by atoms with van der Waals surface area (Å²) in [5.41, 5.74) is 2.08. The van der Waals surface area contributed by atoms with Gasteiger partial charge in [0.05, 0.1) is 28.3 Å². The summed E-state index contributed by atoms with van der Waals surface area (Å²) < 4.78 is 2.41. The molecule has 6 nitrogen and oxygen atoms in total. The summed E-state index contributed by atoms with van der Waals surface area (Å²) in [6.07, 6.45) is 5.92. The van der Waals surface area contributed by atoms with Gasteiger partial charge in [-0.05, 0) is 50.8 Å². The van der Waals surface area contributed by atoms with Crippen LogP contribution in [0.2, 0.25) is 5.02 Å². The van der Waals surface area contributed by atoms with Gasteiger partial charge in [-0.3, -0.25) is 9.78 Å². The number of piperidine rings is 1. The van der Waals surface area contributed by atoms with Crippen molar-refractivity contribution < 1.29 is 4.79 Å². The topological polar surface area (TPSA) is 63.5 Å². The lowest BCUT2D eigenvalue weighted by Gasteiger charge is -2.38. The van der Waals surface area contributed by atoms with E-state index in [1.54, 1.807) is 6.20 Å². The van der Waals surface area contributed by atoms with Gasteiger partial charge in [-0.1, -0.05) is 23.5 Å². The first kappa shape index (κ1) is 21.8. The van der Waals surface area contributed by atoms with E-state index in [0.717, 1.165) is 74.0 Å². The van der Waals surface area contributed by atoms with Gasteiger partial charge in [-0.25, -0.2) is 4.31 Å². The molecule has 2 aliphatic heterocycles. The third kappa shape index (κ3) is 4.41. The molecule has 0 radical (unpaired) electrons. The summed E-state index contributed by atoms with van der Waals surface area (Å²) in [5, 5.41) is 11.9. The molecule has 1 aromatic heterocycles. The van der Waals surface area contributed by atoms with Gasteiger partial charge in [0.2, 0.25) is 0 Å². The highest BCUT2D eigenvalue weighted by Crippen LogP contribution is 2.39. The lowest BCUT2D eigenvalue weighted by molar-refractivity contribution is 0.0704. The van der Waals surface area contributed by atoms with E-state index >= 15 is 0 Å². The second-order valence-corrected chi connectivity index (χ2v) is 11.2. The maximum absolute atomic E-state index is 13.7. The van der Waals surface area contributed by atoms with Gasteiger partial charge in [0.1, 0.15) is 0 Å². The van der Waals surface area contributed by atoms with Crippen LogP contribution in [-0.2, 0) is 0 Å². The Kier molecular flexibility index (Phi) is 5.96. The lowest BCUT2D eigenvalue weighted by Crippen LogP contribution is -2.47. The fourth-order valence-corrected chi connectivity index (χ4v) is 5.85. The monoisotopic (exact) mass is 469 g/mol. The van der Waals surface area contributed by atoms with E-state index < -0.39 is 0 Å². The van der Waals surface area contributed by atoms with Crippen molar-refractivity contribution in [3.05, 3.63) is 35.0 Å². The molecular formula is C24H28ClN5OS. The quantitative estimate of drug-likeness (QED) is 0.610. The number of carbonyl (C=O) groups is 1. The van der Waals surface area contributed by atoms with Crippen LogP contribution in [0.25, 0.3) is 10.9 Å². The maximum Gasteiger partial charge on any atom is 0.257 e. The second kappa shape index (κ2) is 8.74. The fourth-order valence-electron chi connectivity index (χ4n) is 4.53. The number of carbonyl (C=O) groups excluding carboxylic acids is 1. The zero-order chi connectivity index (χ0) is 22.3. The van der Waals surface area contributed by atoms with Crippen molar-refractivity contribution in [3.63, 3.8) is 0 Å². The first-order valence-electron chi connectivity index (χ1n) is 11.4. The number of hydrogen-bond donors (Lipinski definition) is 0. The van der Waals surface area contributed by atoms with Crippen molar-refractivity contribution in [1.82, 2.24) is 14.2 Å². The highest BCUT2D eigenvalue weighted by molar-refractivity contribution is 7.97. The van der Waals surface area contributed by atoms with Crippen LogP contribution in [0.15, 0.2) is 24.4 Å². The molecule has 2 saturated heterocycles. The molecule has 0 bridgehead atoms. The van der Waals surface area contributed by atoms with Gasteiger partial charge in [0, 0.05) is 61.1 Å². The molecule has 0 spiro atoms. The van der Waals surface area contributed by atoms with Crippen molar-refractivity contribution in [2.75, 3.05) is 44.2 Å². The Morgan fingerprint density at radius 3 is 2.56 bits per heavy atom. The first-order chi connectivity index (χ1) is 15.5. The summed E-state index contributed by atoms with van der Waals surface area (Å²) in [6, 6.07) is 8.13. The minimum Gasteiger partial charge on any atom is -0.370 e. The Hall–Kier alpha value is -2.01. The number of nitrogens with zero attached hydrogens (tertiary/aromatic N) is 5. The van der Waals surface area contributed by atoms with E-state index in [4.69, 9.17) is 11.6 Å². The third-order valence-corrected chi connectivity index (χ3v) is 8.50. The maximum atomic E-state index is 13.7. The van der Waals surface area contributed by atoms with E-state index in [0.29, 0.717) is 10.6 Å². The number of hydrogen-bond acceptors (Lipinski definition) is 6. The first-order valence-corrected chi connectivity index (χ1v) is 12.6. The fraction of sp³-hybridized carbons (Fsp3) is 0.542. The highest BCUT2D eigenvalue weighted by Gasteiger charge is 2.34. The standard InChI is InChI=1S/C24H28ClN5OS/c1-24(16-26)6-8-28(9-7-24)22-19-14-17(25)2-5-21(19)27-15-20(22)23(31)29-10-12-30(13-11-29)32-18-3-4-18/h2,5,14-15,18H,3-4,6-13H2,1H3. The molecule has 0 unspecified atom stereocenters. The van der Waals surface area contributed by atoms with Crippen LogP contribution in [0.5, 0.6) is 0 Å². The molecule has 0 N–H and O–H groups in total. The van der Waals surface area contributed by atoms with E-state index in [1.165, 1.54) is 12.8 Å². The lowest BCUT2D eigenvalue weighted by atomic mass is 9.81. The molecule has 2 aromatic rings. The van der Waals surface area contributed by atoms with Gasteiger partial charge < -0.3 is 9.80 Å². The normalized spacial score (nSPS) is 21.5. The number of halogens is 1. The van der Waals surface area contributed by atoms with Gasteiger partial charge in [0.15, 0.2) is 0 Å². The Morgan fingerprint density at radius 1 is 1.19 bits per heavy atom. The van der Waals surface area contributed by atoms with Crippen molar-refractivity contribution in [2.45, 2.75) is 37.9 Å². The molecule has 1 amide bonds. The van der Waals surface area contributed by atoms with E-state index in [9.17, 15) is 10.1 Å². The van der Waals surface area contributed by atoms with Crippen LogP contribution < -0.4 is 4.90 Å². The predicted octanol–water partition coefficient (Wildman–Crippen LogP) is 4.59. The van der Waals surface area contributed by atoms with Gasteiger partial charge in [0.25, 0.3) is 5.91 Å². The number of pyridine rings is 1. The number of rotatable bonds is 4. The minimum absolute atomic E-state index is 0.0408. The van der Waals surface area contributed by atoms with E-state index in [2.05, 4.69) is 20.3 Å². The molecule has 1 aromatic carbocycles. The van der Waals surface area contributed by atoms with Gasteiger partial charge >= 0.3 is 0 Å². The Balaban J connectivity index is 1.44. The van der Waals surface area contributed by atoms with Gasteiger partial charge in [-0.2, -0.15) is 5.26 Å². The summed E-state index contributed by atoms with van der Waals surface area (Å²) in [6.45, 7) is 6.77. The molecular weight excluding hydrogens is 442 g/mol. The Morgan fingerprint density at radius 2 is 1.91 bits per heavy atom. The molecule has 3 aliphatic rings. The average molecular weight is 470 g/mol. The number of benzene rings is 1. The molecule has 5 rings (SSSR count). The smallest absolute Gasteiger partial charge is 0.257 e. The molecule has 3 heterocycles. The van der Waals surface area contributed by atoms with Crippen LogP contribution in [0.1, 0.15) is 43.0 Å². The molecule has 1 saturated carbocycles. The largest absolute Gasteiger partial charge is 0.370 e. The summed E-state index contributed by atoms with van der Waals surface area (Å²) in [4.78, 5) is 22.5. The van der Waals surface area contributed by atoms with Crippen molar-refractivity contribution in [2.24, 2.45) is 5.41 Å². The summed E-state index contributed by atoms with van der Waals surface area (Å²) >= 11 is 8.31. The van der Waals surface area contributed by atoms with E-state index in [-0.39, 0.29) is 11.3 Å². The molecule has 8 heteroatoms. The van der Waals surface area contributed by atoms with Crippen LogP contribution in [0.3, 0.4) is 0 Å². The molecule has 3 fully saturated rings. The van der Waals surface area contributed by atoms with Crippen LogP contribution in [0.4, 0.5) is 5.69 Å². The number of anilines is 1. The summed E-state index contributed by atoms with van der Waals surface area (Å²) in [7, 11) is 0. The predicted molar refractivity (Wildman–Crippen MR) is 130 cm³/mol. The zero-order valence-electron chi connectivity index (χ0n) is 18.4. The second-order valence-electron chi connectivity index (χ2n) is 9.37. The average Bonchev–Trinajstić information content (AvgIpc) is 3.63. The number of fused-ring (bicyclic) bond motifs is 1.